The van der Waals surface area contributed by atoms with Gasteiger partial charge < -0.3 is 14.8 Å². The number of aromatic nitrogens is 4. The number of nitrogens with one attached hydrogen (secondary N) is 1. The first-order valence-electron chi connectivity index (χ1n) is 9.15. The van der Waals surface area contributed by atoms with Gasteiger partial charge in [-0.15, -0.1) is 5.10 Å². The molecule has 1 unspecified atom stereocenters. The number of carbonyl (C=O) groups excluding carboxylic acids is 1. The van der Waals surface area contributed by atoms with Gasteiger partial charge in [-0.3, -0.25) is 9.69 Å². The Morgan fingerprint density at radius 3 is 2.88 bits per heavy atom. The molecule has 1 atom stereocenters. The van der Waals surface area contributed by atoms with Crippen molar-refractivity contribution < 1.29 is 14.3 Å². The SMILES string of the molecule is CC(C)(CNC(=O)CSc1nnnn1CC1CCCO1)N1CCOCC1. The van der Waals surface area contributed by atoms with Gasteiger partial charge in [-0.05, 0) is 37.1 Å². The molecule has 0 bridgehead atoms. The number of carbonyl (C=O) groups is 1. The van der Waals surface area contributed by atoms with Crippen LogP contribution in [0.5, 0.6) is 0 Å². The third-order valence-electron chi connectivity index (χ3n) is 4.82. The minimum Gasteiger partial charge on any atom is -0.379 e. The van der Waals surface area contributed by atoms with Crippen molar-refractivity contribution in [3.63, 3.8) is 0 Å². The molecule has 2 fully saturated rings. The number of ether oxygens (including phenoxy) is 2. The van der Waals surface area contributed by atoms with Gasteiger partial charge in [0.15, 0.2) is 0 Å². The number of tetrazole rings is 1. The fourth-order valence-electron chi connectivity index (χ4n) is 3.17. The molecular formula is C16H28N6O3S. The molecule has 10 heteroatoms. The third kappa shape index (κ3) is 5.38. The maximum Gasteiger partial charge on any atom is 0.230 e. The summed E-state index contributed by atoms with van der Waals surface area (Å²) in [6.07, 6.45) is 2.28. The van der Waals surface area contributed by atoms with E-state index in [1.807, 2.05) is 0 Å². The predicted octanol–water partition coefficient (Wildman–Crippen LogP) is 0.171. The molecule has 2 aliphatic rings. The lowest BCUT2D eigenvalue weighted by Crippen LogP contribution is -2.55. The number of hydrogen-bond acceptors (Lipinski definition) is 8. The number of morpholine rings is 1. The first-order valence-corrected chi connectivity index (χ1v) is 10.1. The Hall–Kier alpha value is -1.23. The Morgan fingerprint density at radius 1 is 1.35 bits per heavy atom. The van der Waals surface area contributed by atoms with Gasteiger partial charge in [0.2, 0.25) is 11.1 Å². The van der Waals surface area contributed by atoms with Crippen LogP contribution in [0.3, 0.4) is 0 Å². The van der Waals surface area contributed by atoms with Crippen molar-refractivity contribution in [2.45, 2.75) is 50.0 Å². The van der Waals surface area contributed by atoms with E-state index in [2.05, 4.69) is 39.6 Å². The van der Waals surface area contributed by atoms with Crippen molar-refractivity contribution in [1.82, 2.24) is 30.4 Å². The molecule has 1 N–H and O–H groups in total. The summed E-state index contributed by atoms with van der Waals surface area (Å²) in [6, 6.07) is 0. The van der Waals surface area contributed by atoms with Gasteiger partial charge in [0.25, 0.3) is 0 Å². The van der Waals surface area contributed by atoms with Crippen LogP contribution in [0, 0.1) is 0 Å². The Labute approximate surface area is 158 Å². The van der Waals surface area contributed by atoms with Crippen molar-refractivity contribution in [3.05, 3.63) is 0 Å². The number of thioether (sulfide) groups is 1. The zero-order valence-corrected chi connectivity index (χ0v) is 16.3. The summed E-state index contributed by atoms with van der Waals surface area (Å²) >= 11 is 1.36. The number of rotatable bonds is 8. The van der Waals surface area contributed by atoms with Crippen molar-refractivity contribution in [2.24, 2.45) is 0 Å². The van der Waals surface area contributed by atoms with Crippen LogP contribution in [0.4, 0.5) is 0 Å². The Morgan fingerprint density at radius 2 is 2.15 bits per heavy atom. The van der Waals surface area contributed by atoms with Crippen LogP contribution in [0.15, 0.2) is 5.16 Å². The van der Waals surface area contributed by atoms with Gasteiger partial charge >= 0.3 is 0 Å². The van der Waals surface area contributed by atoms with Crippen LogP contribution < -0.4 is 5.32 Å². The summed E-state index contributed by atoms with van der Waals surface area (Å²) < 4.78 is 12.7. The van der Waals surface area contributed by atoms with Crippen LogP contribution in [-0.2, 0) is 20.8 Å². The van der Waals surface area contributed by atoms with Crippen LogP contribution >= 0.6 is 11.8 Å². The van der Waals surface area contributed by atoms with E-state index < -0.39 is 0 Å². The second-order valence-electron chi connectivity index (χ2n) is 7.26. The largest absolute Gasteiger partial charge is 0.379 e. The fraction of sp³-hybridized carbons (Fsp3) is 0.875. The van der Waals surface area contributed by atoms with E-state index in [4.69, 9.17) is 9.47 Å². The highest BCUT2D eigenvalue weighted by molar-refractivity contribution is 7.99. The second kappa shape index (κ2) is 9.12. The molecule has 3 heterocycles. The Bertz CT molecular complexity index is 584. The van der Waals surface area contributed by atoms with E-state index in [-0.39, 0.29) is 17.6 Å². The lowest BCUT2D eigenvalue weighted by Gasteiger charge is -2.40. The summed E-state index contributed by atoms with van der Waals surface area (Å²) in [5.74, 6) is 0.286. The van der Waals surface area contributed by atoms with E-state index in [0.717, 1.165) is 45.8 Å². The molecule has 9 nitrogen and oxygen atoms in total. The second-order valence-corrected chi connectivity index (χ2v) is 8.20. The fourth-order valence-corrected chi connectivity index (χ4v) is 3.89. The molecule has 0 radical (unpaired) electrons. The highest BCUT2D eigenvalue weighted by Gasteiger charge is 2.28. The molecule has 0 spiro atoms. The van der Waals surface area contributed by atoms with Crippen LogP contribution in [0.25, 0.3) is 0 Å². The first kappa shape index (κ1) is 19.5. The molecule has 0 aromatic carbocycles. The van der Waals surface area contributed by atoms with Crippen LogP contribution in [0.1, 0.15) is 26.7 Å². The van der Waals surface area contributed by atoms with E-state index in [9.17, 15) is 4.79 Å². The Kier molecular flexibility index (Phi) is 6.85. The minimum atomic E-state index is -0.0918. The normalized spacial score (nSPS) is 21.8. The maximum atomic E-state index is 12.2. The van der Waals surface area contributed by atoms with Crippen molar-refractivity contribution in [2.75, 3.05) is 45.2 Å². The van der Waals surface area contributed by atoms with Gasteiger partial charge in [-0.25, -0.2) is 4.68 Å². The average molecular weight is 385 g/mol. The van der Waals surface area contributed by atoms with E-state index in [1.54, 1.807) is 4.68 Å². The average Bonchev–Trinajstić information content (AvgIpc) is 3.31. The Balaban J connectivity index is 1.42. The van der Waals surface area contributed by atoms with E-state index in [1.165, 1.54) is 11.8 Å². The van der Waals surface area contributed by atoms with Gasteiger partial charge in [0.05, 0.1) is 31.6 Å². The summed E-state index contributed by atoms with van der Waals surface area (Å²) in [7, 11) is 0. The molecule has 1 amide bonds. The standard InChI is InChI=1S/C16H28N6O3S/c1-16(2,21-5-8-24-9-6-21)12-17-14(23)11-26-15-18-19-20-22(15)10-13-4-3-7-25-13/h13H,3-12H2,1-2H3,(H,17,23). The smallest absolute Gasteiger partial charge is 0.230 e. The molecule has 2 aliphatic heterocycles. The minimum absolute atomic E-state index is 0.0111. The topological polar surface area (TPSA) is 94.4 Å². The highest BCUT2D eigenvalue weighted by Crippen LogP contribution is 2.19. The summed E-state index contributed by atoms with van der Waals surface area (Å²) in [6.45, 7) is 9.64. The van der Waals surface area contributed by atoms with Gasteiger partial charge in [-0.1, -0.05) is 11.8 Å². The highest BCUT2D eigenvalue weighted by atomic mass is 32.2. The molecule has 1 aromatic rings. The van der Waals surface area contributed by atoms with E-state index in [0.29, 0.717) is 24.0 Å². The molecule has 26 heavy (non-hydrogen) atoms. The molecule has 146 valence electrons. The summed E-state index contributed by atoms with van der Waals surface area (Å²) in [5.41, 5.74) is -0.0918. The number of amides is 1. The number of hydrogen-bond donors (Lipinski definition) is 1. The molecule has 3 rings (SSSR count). The van der Waals surface area contributed by atoms with Crippen molar-refractivity contribution >= 4 is 17.7 Å². The monoisotopic (exact) mass is 384 g/mol. The summed E-state index contributed by atoms with van der Waals surface area (Å²) in [5, 5.41) is 15.4. The molecule has 0 saturated carbocycles. The zero-order valence-electron chi connectivity index (χ0n) is 15.5. The molecular weight excluding hydrogens is 356 g/mol. The van der Waals surface area contributed by atoms with Gasteiger partial charge in [-0.2, -0.15) is 0 Å². The van der Waals surface area contributed by atoms with Crippen molar-refractivity contribution in [3.8, 4) is 0 Å². The van der Waals surface area contributed by atoms with E-state index >= 15 is 0 Å². The predicted molar refractivity (Wildman–Crippen MR) is 97.0 cm³/mol. The van der Waals surface area contributed by atoms with Crippen LogP contribution in [0.2, 0.25) is 0 Å². The van der Waals surface area contributed by atoms with Gasteiger partial charge in [0, 0.05) is 31.8 Å². The molecule has 0 aliphatic carbocycles. The summed E-state index contributed by atoms with van der Waals surface area (Å²) in [4.78, 5) is 14.6. The third-order valence-corrected chi connectivity index (χ3v) is 5.77. The molecule has 2 saturated heterocycles. The number of nitrogens with zero attached hydrogens (tertiary/aromatic N) is 5. The maximum absolute atomic E-state index is 12.2. The lowest BCUT2D eigenvalue weighted by molar-refractivity contribution is -0.119. The van der Waals surface area contributed by atoms with Gasteiger partial charge in [0.1, 0.15) is 0 Å². The quantitative estimate of drug-likeness (QED) is 0.634. The van der Waals surface area contributed by atoms with Crippen molar-refractivity contribution in [1.29, 1.82) is 0 Å². The molecule has 1 aromatic heterocycles. The lowest BCUT2D eigenvalue weighted by atomic mass is 10.0. The van der Waals surface area contributed by atoms with Crippen LogP contribution in [-0.4, -0.2) is 87.9 Å². The first-order chi connectivity index (χ1) is 12.5. The zero-order chi connectivity index (χ0) is 18.4.